The number of benzene rings is 2. The number of fused-ring (bicyclic) bond motifs is 1. The van der Waals surface area contributed by atoms with Gasteiger partial charge in [0.05, 0.1) is 46.9 Å². The van der Waals surface area contributed by atoms with E-state index in [1.165, 1.54) is 12.3 Å². The SMILES string of the molecule is Cl.N#Cc1ccc(OC2CCC(NC(=O)c3cnc(N4CCC(CN5CCC(n6ccc7c(N8CCC(=O)NC8=O)cccc76)CC5)CC4)cn3)CC2)cc1C(F)(F)F. The molecule has 17 heteroatoms. The normalized spacial score (nSPS) is 21.1. The number of carbonyl (C=O) groups is 3. The van der Waals surface area contributed by atoms with Gasteiger partial charge in [-0.05, 0) is 93.7 Å². The molecule has 3 aliphatic heterocycles. The molecule has 4 amide bonds. The molecule has 59 heavy (non-hydrogen) atoms. The number of alkyl halides is 3. The molecule has 2 aromatic heterocycles. The Labute approximate surface area is 346 Å². The first-order valence-electron chi connectivity index (χ1n) is 20.1. The Morgan fingerprint density at radius 3 is 2.37 bits per heavy atom. The maximum atomic E-state index is 13.4. The van der Waals surface area contributed by atoms with E-state index in [-0.39, 0.29) is 53.8 Å². The molecule has 13 nitrogen and oxygen atoms in total. The van der Waals surface area contributed by atoms with Crippen LogP contribution in [-0.2, 0) is 11.0 Å². The lowest BCUT2D eigenvalue weighted by Crippen LogP contribution is -2.49. The largest absolute Gasteiger partial charge is 0.490 e. The summed E-state index contributed by atoms with van der Waals surface area (Å²) < 4.78 is 48.3. The average molecular weight is 834 g/mol. The maximum Gasteiger partial charge on any atom is 0.417 e. The quantitative estimate of drug-likeness (QED) is 0.185. The molecule has 3 saturated heterocycles. The predicted octanol–water partition coefficient (Wildman–Crippen LogP) is 6.86. The fourth-order valence-electron chi connectivity index (χ4n) is 8.92. The Morgan fingerprint density at radius 2 is 1.69 bits per heavy atom. The fraction of sp³-hybridized carbons (Fsp3) is 0.476. The zero-order valence-corrected chi connectivity index (χ0v) is 33.3. The molecule has 2 aromatic carbocycles. The van der Waals surface area contributed by atoms with E-state index >= 15 is 0 Å². The van der Waals surface area contributed by atoms with Gasteiger partial charge in [0.2, 0.25) is 5.91 Å². The lowest BCUT2D eigenvalue weighted by atomic mass is 9.92. The van der Waals surface area contributed by atoms with Crippen LogP contribution < -0.4 is 25.2 Å². The average Bonchev–Trinajstić information content (AvgIpc) is 3.67. The number of imide groups is 1. The number of hydrogen-bond acceptors (Lipinski definition) is 9. The van der Waals surface area contributed by atoms with E-state index in [9.17, 15) is 27.6 Å². The summed E-state index contributed by atoms with van der Waals surface area (Å²) in [6.45, 7) is 5.22. The van der Waals surface area contributed by atoms with Gasteiger partial charge < -0.3 is 24.4 Å². The van der Waals surface area contributed by atoms with E-state index in [4.69, 9.17) is 10.00 Å². The number of likely N-dealkylation sites (tertiary alicyclic amines) is 1. The number of amides is 4. The van der Waals surface area contributed by atoms with Gasteiger partial charge in [0.25, 0.3) is 5.91 Å². The van der Waals surface area contributed by atoms with Crippen molar-refractivity contribution in [3.05, 3.63) is 77.9 Å². The van der Waals surface area contributed by atoms with Crippen molar-refractivity contribution in [2.45, 2.75) is 82.2 Å². The van der Waals surface area contributed by atoms with Crippen LogP contribution in [-0.4, -0.2) is 88.7 Å². The monoisotopic (exact) mass is 833 g/mol. The summed E-state index contributed by atoms with van der Waals surface area (Å²) in [6.07, 6.45) is 7.18. The number of nitrogens with zero attached hydrogens (tertiary/aromatic N) is 7. The van der Waals surface area contributed by atoms with Crippen molar-refractivity contribution in [3.63, 3.8) is 0 Å². The van der Waals surface area contributed by atoms with Crippen molar-refractivity contribution in [2.24, 2.45) is 5.92 Å². The van der Waals surface area contributed by atoms with Crippen LogP contribution in [0.25, 0.3) is 10.9 Å². The van der Waals surface area contributed by atoms with Gasteiger partial charge in [0, 0.05) is 69.4 Å². The summed E-state index contributed by atoms with van der Waals surface area (Å²) in [5, 5.41) is 15.5. The Kier molecular flexibility index (Phi) is 12.6. The third-order valence-electron chi connectivity index (χ3n) is 12.1. The predicted molar refractivity (Wildman–Crippen MR) is 217 cm³/mol. The number of nitriles is 1. The molecule has 4 fully saturated rings. The van der Waals surface area contributed by atoms with Gasteiger partial charge in [0.1, 0.15) is 17.3 Å². The molecular weight excluding hydrogens is 787 g/mol. The highest BCUT2D eigenvalue weighted by Gasteiger charge is 2.35. The van der Waals surface area contributed by atoms with E-state index in [0.29, 0.717) is 50.6 Å². The van der Waals surface area contributed by atoms with E-state index in [1.807, 2.05) is 12.1 Å². The minimum Gasteiger partial charge on any atom is -0.490 e. The van der Waals surface area contributed by atoms with Crippen LogP contribution >= 0.6 is 12.4 Å². The van der Waals surface area contributed by atoms with Crippen LogP contribution in [0.2, 0.25) is 0 Å². The second-order valence-corrected chi connectivity index (χ2v) is 15.8. The number of carbonyl (C=O) groups excluding carboxylic acids is 3. The number of piperidine rings is 2. The van der Waals surface area contributed by atoms with Gasteiger partial charge in [-0.3, -0.25) is 19.8 Å². The molecule has 1 aliphatic carbocycles. The van der Waals surface area contributed by atoms with Crippen LogP contribution in [0.1, 0.15) is 85.4 Å². The lowest BCUT2D eigenvalue weighted by Gasteiger charge is -2.38. The number of rotatable bonds is 9. The first-order chi connectivity index (χ1) is 28.0. The number of ether oxygens (including phenoxy) is 1. The molecule has 312 valence electrons. The molecule has 4 aromatic rings. The highest BCUT2D eigenvalue weighted by molar-refractivity contribution is 6.09. The van der Waals surface area contributed by atoms with Crippen molar-refractivity contribution >= 4 is 52.7 Å². The minimum atomic E-state index is -4.65. The van der Waals surface area contributed by atoms with Crippen molar-refractivity contribution in [1.82, 2.24) is 30.1 Å². The van der Waals surface area contributed by atoms with Gasteiger partial charge in [-0.2, -0.15) is 18.4 Å². The van der Waals surface area contributed by atoms with Crippen LogP contribution in [0.4, 0.5) is 29.5 Å². The number of anilines is 2. The number of nitrogens with one attached hydrogen (secondary N) is 2. The minimum absolute atomic E-state index is 0. The van der Waals surface area contributed by atoms with Crippen molar-refractivity contribution in [1.29, 1.82) is 5.26 Å². The Hall–Kier alpha value is -5.40. The van der Waals surface area contributed by atoms with Gasteiger partial charge in [-0.25, -0.2) is 14.8 Å². The summed E-state index contributed by atoms with van der Waals surface area (Å²) in [5.74, 6) is 0.860. The van der Waals surface area contributed by atoms with Crippen molar-refractivity contribution in [2.75, 3.05) is 49.1 Å². The molecule has 5 heterocycles. The molecule has 0 radical (unpaired) electrons. The first-order valence-corrected chi connectivity index (χ1v) is 20.1. The van der Waals surface area contributed by atoms with E-state index in [0.717, 1.165) is 92.9 Å². The topological polar surface area (TPSA) is 149 Å². The highest BCUT2D eigenvalue weighted by atomic mass is 35.5. The molecule has 8 rings (SSSR count). The summed E-state index contributed by atoms with van der Waals surface area (Å²) in [6, 6.07) is 13.0. The molecule has 1 saturated carbocycles. The Balaban J connectivity index is 0.00000528. The first kappa shape index (κ1) is 41.7. The van der Waals surface area contributed by atoms with Crippen LogP contribution in [0.5, 0.6) is 5.75 Å². The summed E-state index contributed by atoms with van der Waals surface area (Å²) in [4.78, 5) is 52.7. The molecule has 2 N–H and O–H groups in total. The summed E-state index contributed by atoms with van der Waals surface area (Å²) in [7, 11) is 0. The molecule has 0 atom stereocenters. The summed E-state index contributed by atoms with van der Waals surface area (Å²) >= 11 is 0. The smallest absolute Gasteiger partial charge is 0.417 e. The number of hydrogen-bond donors (Lipinski definition) is 2. The second-order valence-electron chi connectivity index (χ2n) is 15.8. The van der Waals surface area contributed by atoms with Crippen LogP contribution in [0.3, 0.4) is 0 Å². The number of halogens is 4. The number of urea groups is 1. The van der Waals surface area contributed by atoms with Crippen molar-refractivity contribution < 1.29 is 32.3 Å². The van der Waals surface area contributed by atoms with E-state index < -0.39 is 17.3 Å². The third kappa shape index (κ3) is 9.42. The molecule has 0 unspecified atom stereocenters. The number of aromatic nitrogens is 3. The molecule has 0 spiro atoms. The van der Waals surface area contributed by atoms with E-state index in [2.05, 4.69) is 53.3 Å². The molecule has 4 aliphatic rings. The molecule has 0 bridgehead atoms. The lowest BCUT2D eigenvalue weighted by molar-refractivity contribution is -0.138. The highest BCUT2D eigenvalue weighted by Crippen LogP contribution is 2.36. The van der Waals surface area contributed by atoms with Crippen molar-refractivity contribution in [3.8, 4) is 11.8 Å². The Bertz CT molecular complexity index is 2190. The van der Waals surface area contributed by atoms with Crippen LogP contribution in [0.15, 0.2) is 61.1 Å². The molecular formula is C42H47ClF3N9O4. The third-order valence-corrected chi connectivity index (χ3v) is 12.1. The standard InChI is InChI=1S/C42H46F3N9O4.ClH/c43-42(44,45)34-22-32(7-4-28(34)23-46)58-31-8-5-29(6-9-31)49-40(56)35-24-48-38(25-47-35)52-18-10-27(11-19-52)26-51-16-12-30(13-17-51)53-20-14-33-36(53)2-1-3-37(33)54-21-15-39(55)50-41(54)57;/h1-4,7,14,20,22,24-25,27,29-31H,5-6,8-13,15-19,21,26H2,(H,49,56)(H,50,55,57);1H. The van der Waals surface area contributed by atoms with Gasteiger partial charge >= 0.3 is 12.2 Å². The Morgan fingerprint density at radius 1 is 0.932 bits per heavy atom. The van der Waals surface area contributed by atoms with Crippen LogP contribution in [0, 0.1) is 17.2 Å². The van der Waals surface area contributed by atoms with Gasteiger partial charge in [0.15, 0.2) is 0 Å². The maximum absolute atomic E-state index is 13.4. The fourth-order valence-corrected chi connectivity index (χ4v) is 8.92. The van der Waals surface area contributed by atoms with E-state index in [1.54, 1.807) is 17.2 Å². The summed E-state index contributed by atoms with van der Waals surface area (Å²) in [5.41, 5.74) is 0.714. The second kappa shape index (κ2) is 17.8. The zero-order valence-electron chi connectivity index (χ0n) is 32.5. The van der Waals surface area contributed by atoms with Gasteiger partial charge in [-0.15, -0.1) is 12.4 Å². The zero-order chi connectivity index (χ0) is 40.4. The van der Waals surface area contributed by atoms with Gasteiger partial charge in [-0.1, -0.05) is 6.07 Å².